The average molecular weight is 482 g/mol. The fourth-order valence-electron chi connectivity index (χ4n) is 3.20. The van der Waals surface area contributed by atoms with Gasteiger partial charge in [-0.25, -0.2) is 4.39 Å². The summed E-state index contributed by atoms with van der Waals surface area (Å²) in [5.74, 6) is 0.548. The molecule has 3 rings (SSSR count). The van der Waals surface area contributed by atoms with Crippen molar-refractivity contribution in [3.8, 4) is 5.75 Å². The van der Waals surface area contributed by atoms with E-state index in [1.165, 1.54) is 6.07 Å². The van der Waals surface area contributed by atoms with Crippen LogP contribution in [0.1, 0.15) is 0 Å². The van der Waals surface area contributed by atoms with Crippen molar-refractivity contribution in [2.45, 2.75) is 6.10 Å². The molecule has 1 N–H and O–H groups in total. The van der Waals surface area contributed by atoms with Crippen molar-refractivity contribution >= 4 is 42.1 Å². The van der Waals surface area contributed by atoms with Crippen LogP contribution in [-0.2, 0) is 4.74 Å². The molecule has 168 valence electrons. The van der Waals surface area contributed by atoms with E-state index in [0.29, 0.717) is 30.5 Å². The zero-order valence-corrected chi connectivity index (χ0v) is 19.0. The number of aliphatic hydroxyl groups is 1. The van der Waals surface area contributed by atoms with Gasteiger partial charge in [-0.3, -0.25) is 4.90 Å². The number of aliphatic hydroxyl groups excluding tert-OH is 1. The Balaban J connectivity index is 0.00000225. The molecule has 5 nitrogen and oxygen atoms in total. The van der Waals surface area contributed by atoms with Gasteiger partial charge in [0, 0.05) is 37.7 Å². The molecule has 9 heteroatoms. The lowest BCUT2D eigenvalue weighted by atomic mass is 10.2. The molecule has 0 amide bonds. The highest BCUT2D eigenvalue weighted by atomic mass is 35.5. The molecule has 30 heavy (non-hydrogen) atoms. The standard InChI is InChI=1S/C21H26ClFN2O3.2ClH/c22-17-5-7-19(8-6-17)28-14-13-27-16-18(26)15-24-9-11-25(12-10-24)21-4-2-1-3-20(21)23;;/h1-8,18,26H,9-16H2;2*1H. The molecule has 1 aliphatic heterocycles. The molecule has 1 saturated heterocycles. The first kappa shape index (κ1) is 26.8. The maximum atomic E-state index is 13.9. The second kappa shape index (κ2) is 13.9. The van der Waals surface area contributed by atoms with Crippen LogP contribution < -0.4 is 9.64 Å². The first-order valence-corrected chi connectivity index (χ1v) is 9.85. The fraction of sp³-hybridized carbons (Fsp3) is 0.429. The van der Waals surface area contributed by atoms with Gasteiger partial charge < -0.3 is 19.5 Å². The summed E-state index contributed by atoms with van der Waals surface area (Å²) in [6.45, 7) is 4.67. The number of hydrogen-bond acceptors (Lipinski definition) is 5. The van der Waals surface area contributed by atoms with Gasteiger partial charge in [0.1, 0.15) is 18.2 Å². The van der Waals surface area contributed by atoms with Crippen molar-refractivity contribution in [1.82, 2.24) is 4.90 Å². The van der Waals surface area contributed by atoms with E-state index < -0.39 is 6.10 Å². The molecular weight excluding hydrogens is 454 g/mol. The van der Waals surface area contributed by atoms with Gasteiger partial charge in [0.25, 0.3) is 0 Å². The molecule has 0 saturated carbocycles. The Morgan fingerprint density at radius 3 is 2.30 bits per heavy atom. The van der Waals surface area contributed by atoms with E-state index in [2.05, 4.69) is 4.90 Å². The van der Waals surface area contributed by atoms with Crippen LogP contribution in [0.2, 0.25) is 5.02 Å². The minimum atomic E-state index is -0.560. The second-order valence-electron chi connectivity index (χ2n) is 6.77. The largest absolute Gasteiger partial charge is 0.491 e. The van der Waals surface area contributed by atoms with Crippen LogP contribution in [0.15, 0.2) is 48.5 Å². The first-order valence-electron chi connectivity index (χ1n) is 9.48. The Labute approximate surface area is 194 Å². The number of nitrogens with zero attached hydrogens (tertiary/aromatic N) is 2. The van der Waals surface area contributed by atoms with E-state index in [-0.39, 0.29) is 37.2 Å². The lowest BCUT2D eigenvalue weighted by molar-refractivity contribution is 0.00717. The molecule has 1 unspecified atom stereocenters. The highest BCUT2D eigenvalue weighted by molar-refractivity contribution is 6.30. The lowest BCUT2D eigenvalue weighted by Crippen LogP contribution is -2.49. The van der Waals surface area contributed by atoms with Gasteiger partial charge in [-0.15, -0.1) is 24.8 Å². The van der Waals surface area contributed by atoms with E-state index in [9.17, 15) is 9.50 Å². The maximum Gasteiger partial charge on any atom is 0.146 e. The summed E-state index contributed by atoms with van der Waals surface area (Å²) in [7, 11) is 0. The molecule has 0 radical (unpaired) electrons. The van der Waals surface area contributed by atoms with Crippen molar-refractivity contribution in [2.24, 2.45) is 0 Å². The predicted molar refractivity (Wildman–Crippen MR) is 123 cm³/mol. The van der Waals surface area contributed by atoms with Crippen LogP contribution in [0, 0.1) is 5.82 Å². The predicted octanol–water partition coefficient (Wildman–Crippen LogP) is 3.90. The third-order valence-corrected chi connectivity index (χ3v) is 4.91. The Kier molecular flexibility index (Phi) is 12.4. The molecule has 0 aliphatic carbocycles. The number of piperazine rings is 1. The molecule has 0 spiro atoms. The molecule has 0 aromatic heterocycles. The van der Waals surface area contributed by atoms with E-state index in [1.54, 1.807) is 36.4 Å². The van der Waals surface area contributed by atoms with Gasteiger partial charge in [0.05, 0.1) is 25.0 Å². The smallest absolute Gasteiger partial charge is 0.146 e. The van der Waals surface area contributed by atoms with E-state index >= 15 is 0 Å². The summed E-state index contributed by atoms with van der Waals surface area (Å²) in [6, 6.07) is 14.0. The molecule has 1 fully saturated rings. The number of rotatable bonds is 9. The molecule has 2 aromatic carbocycles. The SMILES string of the molecule is Cl.Cl.OC(COCCOc1ccc(Cl)cc1)CN1CCN(c2ccccc2F)CC1. The maximum absolute atomic E-state index is 13.9. The third kappa shape index (κ3) is 8.46. The summed E-state index contributed by atoms with van der Waals surface area (Å²) in [4.78, 5) is 4.22. The van der Waals surface area contributed by atoms with E-state index in [0.717, 1.165) is 31.9 Å². The molecule has 0 bridgehead atoms. The topological polar surface area (TPSA) is 45.2 Å². The molecule has 1 heterocycles. The van der Waals surface area contributed by atoms with Gasteiger partial charge >= 0.3 is 0 Å². The fourth-order valence-corrected chi connectivity index (χ4v) is 3.32. The summed E-state index contributed by atoms with van der Waals surface area (Å²) in [5, 5.41) is 10.8. The number of hydrogen-bond donors (Lipinski definition) is 1. The van der Waals surface area contributed by atoms with Crippen LogP contribution >= 0.6 is 36.4 Å². The summed E-state index contributed by atoms with van der Waals surface area (Å²) in [6.07, 6.45) is -0.560. The Morgan fingerprint density at radius 1 is 0.967 bits per heavy atom. The van der Waals surface area contributed by atoms with Crippen LogP contribution in [0.5, 0.6) is 5.75 Å². The van der Waals surface area contributed by atoms with Crippen LogP contribution in [0.4, 0.5) is 10.1 Å². The van der Waals surface area contributed by atoms with Crippen LogP contribution in [-0.4, -0.2) is 68.7 Å². The number of β-amino-alcohol motifs (C(OH)–C–C–N with tert-alkyl or cyclic N) is 1. The van der Waals surface area contributed by atoms with Crippen molar-refractivity contribution < 1.29 is 19.0 Å². The number of para-hydroxylation sites is 1. The molecule has 2 aromatic rings. The number of halogens is 4. The second-order valence-corrected chi connectivity index (χ2v) is 7.21. The average Bonchev–Trinajstić information content (AvgIpc) is 2.70. The normalized spacial score (nSPS) is 15.1. The quantitative estimate of drug-likeness (QED) is 0.550. The van der Waals surface area contributed by atoms with Crippen molar-refractivity contribution in [3.05, 3.63) is 59.4 Å². The van der Waals surface area contributed by atoms with Crippen LogP contribution in [0.3, 0.4) is 0 Å². The summed E-state index contributed by atoms with van der Waals surface area (Å²) < 4.78 is 24.9. The monoisotopic (exact) mass is 480 g/mol. The number of ether oxygens (including phenoxy) is 2. The van der Waals surface area contributed by atoms with E-state index in [1.807, 2.05) is 11.0 Å². The minimum Gasteiger partial charge on any atom is -0.491 e. The minimum absolute atomic E-state index is 0. The lowest BCUT2D eigenvalue weighted by Gasteiger charge is -2.36. The number of anilines is 1. The molecule has 1 aliphatic rings. The Bertz CT molecular complexity index is 732. The van der Waals surface area contributed by atoms with Crippen molar-refractivity contribution in [2.75, 3.05) is 57.4 Å². The van der Waals surface area contributed by atoms with Gasteiger partial charge in [-0.1, -0.05) is 23.7 Å². The zero-order valence-electron chi connectivity index (χ0n) is 16.6. The third-order valence-electron chi connectivity index (χ3n) is 4.65. The molecule has 1 atom stereocenters. The molecular formula is C21H28Cl3FN2O3. The number of benzene rings is 2. The van der Waals surface area contributed by atoms with Crippen LogP contribution in [0.25, 0.3) is 0 Å². The van der Waals surface area contributed by atoms with Gasteiger partial charge in [-0.05, 0) is 36.4 Å². The van der Waals surface area contributed by atoms with Crippen molar-refractivity contribution in [1.29, 1.82) is 0 Å². The Hall–Kier alpha value is -1.28. The van der Waals surface area contributed by atoms with Gasteiger partial charge in [0.2, 0.25) is 0 Å². The van der Waals surface area contributed by atoms with Gasteiger partial charge in [0.15, 0.2) is 0 Å². The first-order chi connectivity index (χ1) is 13.6. The Morgan fingerprint density at radius 2 is 1.63 bits per heavy atom. The van der Waals surface area contributed by atoms with Crippen molar-refractivity contribution in [3.63, 3.8) is 0 Å². The summed E-state index contributed by atoms with van der Waals surface area (Å²) in [5.41, 5.74) is 0.645. The zero-order chi connectivity index (χ0) is 19.8. The van der Waals surface area contributed by atoms with Gasteiger partial charge in [-0.2, -0.15) is 0 Å². The highest BCUT2D eigenvalue weighted by Gasteiger charge is 2.21. The van der Waals surface area contributed by atoms with E-state index in [4.69, 9.17) is 21.1 Å². The summed E-state index contributed by atoms with van der Waals surface area (Å²) >= 11 is 5.83. The highest BCUT2D eigenvalue weighted by Crippen LogP contribution is 2.20.